The first-order valence-corrected chi connectivity index (χ1v) is 4.96. The van der Waals surface area contributed by atoms with Crippen LogP contribution in [0, 0.1) is 0 Å². The highest BCUT2D eigenvalue weighted by Gasteiger charge is 2.28. The van der Waals surface area contributed by atoms with E-state index in [1.54, 1.807) is 11.3 Å². The molecule has 0 saturated carbocycles. The van der Waals surface area contributed by atoms with Crippen LogP contribution >= 0.6 is 11.3 Å². The van der Waals surface area contributed by atoms with E-state index < -0.39 is 6.10 Å². The summed E-state index contributed by atoms with van der Waals surface area (Å²) in [5.41, 5.74) is 2.84. The minimum Gasteiger partial charge on any atom is -0.382 e. The van der Waals surface area contributed by atoms with Crippen molar-refractivity contribution in [3.05, 3.63) is 22.4 Å². The lowest BCUT2D eigenvalue weighted by molar-refractivity contribution is -0.131. The molecule has 6 heteroatoms. The van der Waals surface area contributed by atoms with E-state index in [4.69, 9.17) is 10.7 Å². The number of hydrogen-bond donors (Lipinski definition) is 2. The van der Waals surface area contributed by atoms with Gasteiger partial charge < -0.3 is 4.84 Å². The Morgan fingerprint density at radius 2 is 2.64 bits per heavy atom. The van der Waals surface area contributed by atoms with Crippen molar-refractivity contribution in [2.45, 2.75) is 12.5 Å². The van der Waals surface area contributed by atoms with Gasteiger partial charge in [0.05, 0.1) is 4.88 Å². The summed E-state index contributed by atoms with van der Waals surface area (Å²) >= 11 is 1.57. The summed E-state index contributed by atoms with van der Waals surface area (Å²) < 4.78 is 0. The smallest absolute Gasteiger partial charge is 0.278 e. The minimum absolute atomic E-state index is 0.347. The van der Waals surface area contributed by atoms with Gasteiger partial charge in [0.15, 0.2) is 0 Å². The van der Waals surface area contributed by atoms with Crippen molar-refractivity contribution in [2.24, 2.45) is 11.0 Å². The third-order valence-corrected chi connectivity index (χ3v) is 2.83. The quantitative estimate of drug-likeness (QED) is 0.417. The number of hydrazine groups is 1. The van der Waals surface area contributed by atoms with E-state index in [1.807, 2.05) is 22.9 Å². The third-order valence-electron chi connectivity index (χ3n) is 1.91. The van der Waals surface area contributed by atoms with Crippen molar-refractivity contribution in [1.29, 1.82) is 0 Å². The van der Waals surface area contributed by atoms with Crippen molar-refractivity contribution in [3.63, 3.8) is 0 Å². The van der Waals surface area contributed by atoms with E-state index in [1.165, 1.54) is 0 Å². The largest absolute Gasteiger partial charge is 0.382 e. The maximum atomic E-state index is 11.1. The van der Waals surface area contributed by atoms with Crippen LogP contribution in [0.25, 0.3) is 0 Å². The number of nitrogens with zero attached hydrogens (tertiary/aromatic N) is 1. The number of nitrogens with two attached hydrogens (primary N) is 1. The normalized spacial score (nSPS) is 20.1. The number of amides is 1. The van der Waals surface area contributed by atoms with Gasteiger partial charge in [0.25, 0.3) is 5.91 Å². The molecule has 0 fully saturated rings. The summed E-state index contributed by atoms with van der Waals surface area (Å²) in [6, 6.07) is 3.87. The predicted octanol–water partition coefficient (Wildman–Crippen LogP) is 0.231. The lowest BCUT2D eigenvalue weighted by atomic mass is 10.1. The number of thiophene rings is 1. The second kappa shape index (κ2) is 3.77. The molecule has 0 bridgehead atoms. The van der Waals surface area contributed by atoms with Crippen LogP contribution in [0.5, 0.6) is 0 Å². The number of oxime groups is 1. The average molecular weight is 211 g/mol. The Morgan fingerprint density at radius 1 is 1.79 bits per heavy atom. The van der Waals surface area contributed by atoms with Crippen LogP contribution in [0.1, 0.15) is 11.3 Å². The molecule has 14 heavy (non-hydrogen) atoms. The summed E-state index contributed by atoms with van der Waals surface area (Å²) in [5, 5.41) is 5.79. The molecule has 0 unspecified atom stereocenters. The molecule has 1 aliphatic rings. The first-order chi connectivity index (χ1) is 6.81. The molecule has 1 aromatic rings. The monoisotopic (exact) mass is 211 g/mol. The highest BCUT2D eigenvalue weighted by atomic mass is 32.1. The molecule has 3 N–H and O–H groups in total. The van der Waals surface area contributed by atoms with E-state index in [2.05, 4.69) is 5.16 Å². The van der Waals surface area contributed by atoms with Crippen LogP contribution in [-0.2, 0) is 9.63 Å². The van der Waals surface area contributed by atoms with Crippen molar-refractivity contribution in [1.82, 2.24) is 5.43 Å². The molecule has 0 spiro atoms. The topological polar surface area (TPSA) is 76.7 Å². The molecule has 1 amide bonds. The summed E-state index contributed by atoms with van der Waals surface area (Å²) in [6.07, 6.45) is -0.110. The van der Waals surface area contributed by atoms with Crippen LogP contribution in [0.4, 0.5) is 0 Å². The fourth-order valence-corrected chi connectivity index (χ4v) is 1.92. The predicted molar refractivity (Wildman–Crippen MR) is 52.7 cm³/mol. The second-order valence-corrected chi connectivity index (χ2v) is 3.77. The van der Waals surface area contributed by atoms with Crippen molar-refractivity contribution in [3.8, 4) is 0 Å². The molecule has 0 aliphatic carbocycles. The van der Waals surface area contributed by atoms with Crippen molar-refractivity contribution >= 4 is 23.0 Å². The van der Waals surface area contributed by atoms with Crippen LogP contribution < -0.4 is 11.3 Å². The number of nitrogens with one attached hydrogen (secondary N) is 1. The van der Waals surface area contributed by atoms with E-state index in [9.17, 15) is 4.79 Å². The minimum atomic E-state index is -0.586. The van der Waals surface area contributed by atoms with Gasteiger partial charge >= 0.3 is 0 Å². The van der Waals surface area contributed by atoms with Crippen LogP contribution in [0.15, 0.2) is 22.7 Å². The SMILES string of the molecule is NNC(=O)[C@H]1CC(c2cccs2)=NO1. The molecule has 1 atom stereocenters. The number of hydrogen-bond acceptors (Lipinski definition) is 5. The molecule has 0 aromatic carbocycles. The zero-order valence-corrected chi connectivity index (χ0v) is 8.08. The average Bonchev–Trinajstić information content (AvgIpc) is 2.86. The fraction of sp³-hybridized carbons (Fsp3) is 0.250. The van der Waals surface area contributed by atoms with E-state index in [0.717, 1.165) is 10.6 Å². The van der Waals surface area contributed by atoms with Gasteiger partial charge in [0.1, 0.15) is 5.71 Å². The molecule has 0 radical (unpaired) electrons. The molecule has 1 aromatic heterocycles. The van der Waals surface area contributed by atoms with Gasteiger partial charge in [-0.1, -0.05) is 11.2 Å². The number of carbonyl (C=O) groups is 1. The van der Waals surface area contributed by atoms with Gasteiger partial charge in [-0.15, -0.1) is 11.3 Å². The van der Waals surface area contributed by atoms with Crippen molar-refractivity contribution < 1.29 is 9.63 Å². The van der Waals surface area contributed by atoms with E-state index in [-0.39, 0.29) is 5.91 Å². The third kappa shape index (κ3) is 1.61. The van der Waals surface area contributed by atoms with Gasteiger partial charge in [-0.2, -0.15) is 0 Å². The maximum absolute atomic E-state index is 11.1. The fourth-order valence-electron chi connectivity index (χ4n) is 1.20. The highest BCUT2D eigenvalue weighted by Crippen LogP contribution is 2.19. The molecule has 0 saturated heterocycles. The van der Waals surface area contributed by atoms with Gasteiger partial charge in [-0.3, -0.25) is 10.2 Å². The maximum Gasteiger partial charge on any atom is 0.278 e. The Bertz CT molecular complexity index is 361. The Balaban J connectivity index is 2.04. The van der Waals surface area contributed by atoms with Gasteiger partial charge in [-0.25, -0.2) is 5.84 Å². The first kappa shape index (κ1) is 9.17. The second-order valence-electron chi connectivity index (χ2n) is 2.82. The van der Waals surface area contributed by atoms with Crippen LogP contribution in [-0.4, -0.2) is 17.7 Å². The lowest BCUT2D eigenvalue weighted by Gasteiger charge is -2.04. The number of rotatable bonds is 2. The van der Waals surface area contributed by atoms with Crippen LogP contribution in [0.2, 0.25) is 0 Å². The van der Waals surface area contributed by atoms with E-state index in [0.29, 0.717) is 6.42 Å². The zero-order chi connectivity index (χ0) is 9.97. The van der Waals surface area contributed by atoms with Gasteiger partial charge in [0, 0.05) is 6.42 Å². The molecular weight excluding hydrogens is 202 g/mol. The zero-order valence-electron chi connectivity index (χ0n) is 7.27. The first-order valence-electron chi connectivity index (χ1n) is 4.08. The summed E-state index contributed by atoms with van der Waals surface area (Å²) in [5.74, 6) is 4.64. The Morgan fingerprint density at radius 3 is 3.29 bits per heavy atom. The summed E-state index contributed by atoms with van der Waals surface area (Å²) in [7, 11) is 0. The highest BCUT2D eigenvalue weighted by molar-refractivity contribution is 7.12. The molecule has 1 aliphatic heterocycles. The van der Waals surface area contributed by atoms with Crippen LogP contribution in [0.3, 0.4) is 0 Å². The molecular formula is C8H9N3O2S. The summed E-state index contributed by atoms with van der Waals surface area (Å²) in [4.78, 5) is 17.1. The molecule has 2 heterocycles. The van der Waals surface area contributed by atoms with Crippen molar-refractivity contribution in [2.75, 3.05) is 0 Å². The lowest BCUT2D eigenvalue weighted by Crippen LogP contribution is -2.39. The number of carbonyl (C=O) groups excluding carboxylic acids is 1. The molecule has 2 rings (SSSR count). The molecule has 5 nitrogen and oxygen atoms in total. The summed E-state index contributed by atoms with van der Waals surface area (Å²) in [6.45, 7) is 0. The Hall–Kier alpha value is -1.40. The standard InChI is InChI=1S/C8H9N3O2S/c9-10-8(12)6-4-5(11-13-6)7-2-1-3-14-7/h1-3,6H,4,9H2,(H,10,12)/t6-/m1/s1. The van der Waals surface area contributed by atoms with Gasteiger partial charge in [-0.05, 0) is 11.4 Å². The van der Waals surface area contributed by atoms with Gasteiger partial charge in [0.2, 0.25) is 6.10 Å². The van der Waals surface area contributed by atoms with E-state index >= 15 is 0 Å². The Kier molecular flexibility index (Phi) is 2.47. The molecule has 74 valence electrons. The Labute approximate surface area is 84.5 Å².